The molecule has 0 aromatic rings. The lowest BCUT2D eigenvalue weighted by Gasteiger charge is -2.23. The van der Waals surface area contributed by atoms with Gasteiger partial charge < -0.3 is 15.0 Å². The third-order valence-electron chi connectivity index (χ3n) is 4.45. The molecule has 0 amide bonds. The summed E-state index contributed by atoms with van der Waals surface area (Å²) in [5, 5.41) is 3.33. The van der Waals surface area contributed by atoms with Crippen LogP contribution in [0.5, 0.6) is 0 Å². The molecule has 1 N–H and O–H groups in total. The van der Waals surface area contributed by atoms with Gasteiger partial charge in [0.2, 0.25) is 0 Å². The summed E-state index contributed by atoms with van der Waals surface area (Å²) in [6, 6.07) is -0.154. The highest BCUT2D eigenvalue weighted by atomic mass is 16.5. The second kappa shape index (κ2) is 7.25. The largest absolute Gasteiger partial charge is 0.465 e. The van der Waals surface area contributed by atoms with E-state index in [0.29, 0.717) is 6.61 Å². The normalized spacial score (nSPS) is 28.3. The van der Waals surface area contributed by atoms with E-state index >= 15 is 0 Å². The summed E-state index contributed by atoms with van der Waals surface area (Å²) >= 11 is 0. The van der Waals surface area contributed by atoms with Gasteiger partial charge in [-0.15, -0.1) is 0 Å². The first-order valence-electron chi connectivity index (χ1n) is 7.87. The number of ether oxygens (including phenoxy) is 1. The molecule has 1 saturated heterocycles. The first-order chi connectivity index (χ1) is 9.24. The van der Waals surface area contributed by atoms with Crippen LogP contribution < -0.4 is 5.32 Å². The summed E-state index contributed by atoms with van der Waals surface area (Å²) < 4.78 is 5.18. The molecule has 2 fully saturated rings. The summed E-state index contributed by atoms with van der Waals surface area (Å²) in [5.41, 5.74) is 0. The summed E-state index contributed by atoms with van der Waals surface area (Å²) in [7, 11) is 0. The van der Waals surface area contributed by atoms with Gasteiger partial charge in [-0.3, -0.25) is 4.79 Å². The van der Waals surface area contributed by atoms with Crippen LogP contribution in [-0.2, 0) is 9.53 Å². The highest BCUT2D eigenvalue weighted by molar-refractivity contribution is 5.76. The Bertz CT molecular complexity index is 284. The Kier molecular flexibility index (Phi) is 5.64. The van der Waals surface area contributed by atoms with Gasteiger partial charge in [-0.05, 0) is 44.6 Å². The van der Waals surface area contributed by atoms with Gasteiger partial charge in [-0.25, -0.2) is 0 Å². The van der Waals surface area contributed by atoms with Gasteiger partial charge >= 0.3 is 5.97 Å². The highest BCUT2D eigenvalue weighted by Crippen LogP contribution is 2.37. The van der Waals surface area contributed by atoms with Crippen LogP contribution in [0.4, 0.5) is 0 Å². The fourth-order valence-electron chi connectivity index (χ4n) is 3.52. The van der Waals surface area contributed by atoms with Gasteiger partial charge in [0.1, 0.15) is 6.04 Å². The topological polar surface area (TPSA) is 41.6 Å². The van der Waals surface area contributed by atoms with Crippen molar-refractivity contribution in [2.24, 2.45) is 11.8 Å². The molecule has 1 aliphatic heterocycles. The van der Waals surface area contributed by atoms with Crippen LogP contribution in [0.1, 0.15) is 39.5 Å². The van der Waals surface area contributed by atoms with E-state index in [-0.39, 0.29) is 12.0 Å². The lowest BCUT2D eigenvalue weighted by molar-refractivity contribution is -0.146. The number of fused-ring (bicyclic) bond motifs is 1. The van der Waals surface area contributed by atoms with Crippen LogP contribution in [0.3, 0.4) is 0 Å². The zero-order chi connectivity index (χ0) is 13.7. The van der Waals surface area contributed by atoms with Crippen LogP contribution in [0.15, 0.2) is 0 Å². The van der Waals surface area contributed by atoms with E-state index < -0.39 is 0 Å². The second-order valence-electron chi connectivity index (χ2n) is 5.93. The van der Waals surface area contributed by atoms with Crippen molar-refractivity contribution < 1.29 is 9.53 Å². The molecular formula is C15H28N2O2. The quantitative estimate of drug-likeness (QED) is 0.713. The van der Waals surface area contributed by atoms with Gasteiger partial charge in [-0.1, -0.05) is 13.3 Å². The third-order valence-corrected chi connectivity index (χ3v) is 4.45. The van der Waals surface area contributed by atoms with Gasteiger partial charge in [0.25, 0.3) is 0 Å². The molecule has 0 aromatic carbocycles. The molecule has 19 heavy (non-hydrogen) atoms. The summed E-state index contributed by atoms with van der Waals surface area (Å²) in [6.07, 6.45) is 5.21. The van der Waals surface area contributed by atoms with Gasteiger partial charge in [0, 0.05) is 19.6 Å². The predicted octanol–water partition coefficient (Wildman–Crippen LogP) is 1.65. The molecule has 0 aromatic heterocycles. The average Bonchev–Trinajstić information content (AvgIpc) is 2.95. The van der Waals surface area contributed by atoms with Crippen LogP contribution in [-0.4, -0.2) is 49.7 Å². The van der Waals surface area contributed by atoms with Crippen molar-refractivity contribution in [2.45, 2.75) is 45.6 Å². The van der Waals surface area contributed by atoms with Gasteiger partial charge in [0.05, 0.1) is 6.61 Å². The van der Waals surface area contributed by atoms with E-state index in [2.05, 4.69) is 17.1 Å². The number of carbonyl (C=O) groups excluding carboxylic acids is 1. The number of nitrogens with zero attached hydrogens (tertiary/aromatic N) is 1. The molecule has 2 rings (SSSR count). The molecule has 0 radical (unpaired) electrons. The Morgan fingerprint density at radius 3 is 2.58 bits per heavy atom. The standard InChI is InChI=1S/C15H28N2O2/c1-3-8-16-14(15(18)19-4-2)11-17-9-12-6-5-7-13(12)10-17/h12-14,16H,3-11H2,1-2H3. The van der Waals surface area contributed by atoms with Crippen LogP contribution in [0.25, 0.3) is 0 Å². The summed E-state index contributed by atoms with van der Waals surface area (Å²) in [4.78, 5) is 14.4. The first-order valence-corrected chi connectivity index (χ1v) is 7.87. The van der Waals surface area contributed by atoms with Crippen LogP contribution in [0.2, 0.25) is 0 Å². The van der Waals surface area contributed by atoms with Crippen molar-refractivity contribution in [3.05, 3.63) is 0 Å². The molecule has 1 heterocycles. The lowest BCUT2D eigenvalue weighted by atomic mass is 10.0. The SMILES string of the molecule is CCCNC(CN1CC2CCCC2C1)C(=O)OCC. The Morgan fingerprint density at radius 2 is 2.00 bits per heavy atom. The van der Waals surface area contributed by atoms with Crippen molar-refractivity contribution in [3.63, 3.8) is 0 Å². The maximum Gasteiger partial charge on any atom is 0.324 e. The van der Waals surface area contributed by atoms with E-state index in [1.165, 1.54) is 32.4 Å². The van der Waals surface area contributed by atoms with Crippen LogP contribution >= 0.6 is 0 Å². The molecule has 4 nitrogen and oxygen atoms in total. The van der Waals surface area contributed by atoms with Crippen molar-refractivity contribution in [1.29, 1.82) is 0 Å². The van der Waals surface area contributed by atoms with E-state index in [0.717, 1.165) is 31.3 Å². The fraction of sp³-hybridized carbons (Fsp3) is 0.933. The molecule has 110 valence electrons. The summed E-state index contributed by atoms with van der Waals surface area (Å²) in [6.45, 7) is 8.50. The smallest absolute Gasteiger partial charge is 0.324 e. The fourth-order valence-corrected chi connectivity index (χ4v) is 3.52. The Balaban J connectivity index is 1.83. The third kappa shape index (κ3) is 3.93. The number of hydrogen-bond acceptors (Lipinski definition) is 4. The van der Waals surface area contributed by atoms with E-state index in [9.17, 15) is 4.79 Å². The maximum atomic E-state index is 12.0. The summed E-state index contributed by atoms with van der Waals surface area (Å²) in [5.74, 6) is 1.68. The molecule has 1 saturated carbocycles. The Morgan fingerprint density at radius 1 is 1.32 bits per heavy atom. The van der Waals surface area contributed by atoms with E-state index in [4.69, 9.17) is 4.74 Å². The average molecular weight is 268 g/mol. The molecule has 0 bridgehead atoms. The molecule has 3 unspecified atom stereocenters. The van der Waals surface area contributed by atoms with Crippen molar-refractivity contribution in [3.8, 4) is 0 Å². The molecular weight excluding hydrogens is 240 g/mol. The first kappa shape index (κ1) is 14.8. The number of hydrogen-bond donors (Lipinski definition) is 1. The maximum absolute atomic E-state index is 12.0. The Labute approximate surface area is 116 Å². The molecule has 4 heteroatoms. The van der Waals surface area contributed by atoms with E-state index in [1.807, 2.05) is 6.92 Å². The van der Waals surface area contributed by atoms with Crippen molar-refractivity contribution >= 4 is 5.97 Å². The lowest BCUT2D eigenvalue weighted by Crippen LogP contribution is -2.47. The molecule has 1 aliphatic carbocycles. The number of rotatable bonds is 7. The van der Waals surface area contributed by atoms with Gasteiger partial charge in [0.15, 0.2) is 0 Å². The molecule has 0 spiro atoms. The highest BCUT2D eigenvalue weighted by Gasteiger charge is 2.37. The number of esters is 1. The second-order valence-corrected chi connectivity index (χ2v) is 5.93. The number of likely N-dealkylation sites (tertiary alicyclic amines) is 1. The predicted molar refractivity (Wildman–Crippen MR) is 76.0 cm³/mol. The molecule has 3 atom stereocenters. The minimum Gasteiger partial charge on any atom is -0.465 e. The Hall–Kier alpha value is -0.610. The van der Waals surface area contributed by atoms with Crippen molar-refractivity contribution in [1.82, 2.24) is 10.2 Å². The number of nitrogens with one attached hydrogen (secondary N) is 1. The minimum absolute atomic E-state index is 0.0898. The van der Waals surface area contributed by atoms with Crippen LogP contribution in [0, 0.1) is 11.8 Å². The minimum atomic E-state index is -0.154. The number of carbonyl (C=O) groups is 1. The van der Waals surface area contributed by atoms with E-state index in [1.54, 1.807) is 0 Å². The molecule has 2 aliphatic rings. The monoisotopic (exact) mass is 268 g/mol. The zero-order valence-corrected chi connectivity index (χ0v) is 12.4. The van der Waals surface area contributed by atoms with Gasteiger partial charge in [-0.2, -0.15) is 0 Å². The zero-order valence-electron chi connectivity index (χ0n) is 12.4. The van der Waals surface area contributed by atoms with Crippen molar-refractivity contribution in [2.75, 3.05) is 32.8 Å².